The van der Waals surface area contributed by atoms with E-state index in [-0.39, 0.29) is 5.69 Å². The summed E-state index contributed by atoms with van der Waals surface area (Å²) in [6.45, 7) is 0. The van der Waals surface area contributed by atoms with E-state index >= 15 is 0 Å². The first-order valence-electron chi connectivity index (χ1n) is 7.35. The fraction of sp³-hybridized carbons (Fsp3) is 0.400. The minimum Gasteiger partial charge on any atom is -0.284 e. The van der Waals surface area contributed by atoms with Crippen molar-refractivity contribution in [3.05, 3.63) is 29.8 Å². The Labute approximate surface area is 168 Å². The molecule has 0 radical (unpaired) electrons. The zero-order valence-electron chi connectivity index (χ0n) is 14.3. The van der Waals surface area contributed by atoms with E-state index in [2.05, 4.69) is 4.99 Å². The Balaban J connectivity index is 2.61. The van der Waals surface area contributed by atoms with Gasteiger partial charge in [0.25, 0.3) is 5.91 Å². The van der Waals surface area contributed by atoms with E-state index in [9.17, 15) is 22.8 Å². The maximum atomic E-state index is 13.0. The Morgan fingerprint density at radius 1 is 1.15 bits per heavy atom. The molecule has 1 saturated heterocycles. The molecule has 1 aliphatic heterocycles. The average molecular weight is 446 g/mol. The Morgan fingerprint density at radius 2 is 1.74 bits per heavy atom. The van der Waals surface area contributed by atoms with Gasteiger partial charge in [-0.05, 0) is 32.3 Å². The Morgan fingerprint density at radius 3 is 2.22 bits per heavy atom. The van der Waals surface area contributed by atoms with Crippen molar-refractivity contribution in [3.8, 4) is 0 Å². The summed E-state index contributed by atoms with van der Waals surface area (Å²) in [5.41, 5.74) is -1.17. The molecule has 1 heterocycles. The molecule has 6 nitrogen and oxygen atoms in total. The van der Waals surface area contributed by atoms with Gasteiger partial charge >= 0.3 is 12.2 Å². The van der Waals surface area contributed by atoms with Crippen molar-refractivity contribution >= 4 is 58.3 Å². The number of amides is 3. The number of carbonyl (C=O) groups excluding carboxylic acids is 2. The highest BCUT2D eigenvalue weighted by atomic mass is 35.6. The number of carbonyl (C=O) groups is 2. The molecule has 0 spiro atoms. The minimum atomic E-state index is -4.63. The van der Waals surface area contributed by atoms with Gasteiger partial charge < -0.3 is 0 Å². The third-order valence-electron chi connectivity index (χ3n) is 3.64. The summed E-state index contributed by atoms with van der Waals surface area (Å²) in [7, 11) is 4.22. The molecule has 0 bridgehead atoms. The molecule has 0 aliphatic carbocycles. The number of anilines is 1. The molecule has 3 amide bonds. The monoisotopic (exact) mass is 444 g/mol. The third-order valence-corrected chi connectivity index (χ3v) is 4.23. The lowest BCUT2D eigenvalue weighted by atomic mass is 10.2. The number of hydrogen-bond donors (Lipinski definition) is 0. The second-order valence-electron chi connectivity index (χ2n) is 5.86. The van der Waals surface area contributed by atoms with Gasteiger partial charge in [0, 0.05) is 7.05 Å². The van der Waals surface area contributed by atoms with E-state index in [1.165, 1.54) is 32.1 Å². The van der Waals surface area contributed by atoms with Crippen LogP contribution in [0.1, 0.15) is 5.56 Å². The van der Waals surface area contributed by atoms with Crippen molar-refractivity contribution in [1.82, 2.24) is 9.80 Å². The predicted octanol–water partition coefficient (Wildman–Crippen LogP) is 3.76. The van der Waals surface area contributed by atoms with Crippen LogP contribution in [-0.2, 0) is 11.0 Å². The van der Waals surface area contributed by atoms with Crippen molar-refractivity contribution in [1.29, 1.82) is 0 Å². The predicted molar refractivity (Wildman–Crippen MR) is 97.3 cm³/mol. The quantitative estimate of drug-likeness (QED) is 0.526. The highest BCUT2D eigenvalue weighted by Crippen LogP contribution is 2.36. The normalized spacial score (nSPS) is 18.8. The number of benzene rings is 1. The molecule has 1 atom stereocenters. The van der Waals surface area contributed by atoms with Crippen LogP contribution in [-0.4, -0.2) is 58.7 Å². The van der Waals surface area contributed by atoms with Crippen molar-refractivity contribution in [2.75, 3.05) is 26.0 Å². The van der Waals surface area contributed by atoms with Crippen LogP contribution in [0.5, 0.6) is 0 Å². The van der Waals surface area contributed by atoms with Crippen molar-refractivity contribution in [2.45, 2.75) is 16.1 Å². The molecule has 1 aromatic rings. The lowest BCUT2D eigenvalue weighted by molar-refractivity contribution is -0.137. The van der Waals surface area contributed by atoms with Gasteiger partial charge in [0.15, 0.2) is 6.17 Å². The fourth-order valence-electron chi connectivity index (χ4n) is 2.34. The SMILES string of the molecule is CN1C(=O)C(=NC(N(C)C)C(Cl)(Cl)Cl)N(c2cccc(C(F)(F)F)c2)C1=O. The molecule has 2 rings (SSSR count). The summed E-state index contributed by atoms with van der Waals surface area (Å²) in [6.07, 6.45) is -5.80. The van der Waals surface area contributed by atoms with E-state index in [4.69, 9.17) is 34.8 Å². The number of nitrogens with zero attached hydrogens (tertiary/aromatic N) is 4. The van der Waals surface area contributed by atoms with Crippen molar-refractivity contribution in [2.24, 2.45) is 4.99 Å². The second-order valence-corrected chi connectivity index (χ2v) is 8.23. The lowest BCUT2D eigenvalue weighted by Crippen LogP contribution is -2.41. The Hall–Kier alpha value is -1.55. The number of likely N-dealkylation sites (N-methyl/N-ethyl adjacent to an activating group) is 1. The Bertz CT molecular complexity index is 793. The van der Waals surface area contributed by atoms with Gasteiger partial charge in [-0.3, -0.25) is 14.6 Å². The van der Waals surface area contributed by atoms with Crippen molar-refractivity contribution < 1.29 is 22.8 Å². The summed E-state index contributed by atoms with van der Waals surface area (Å²) in [5, 5.41) is 0. The van der Waals surface area contributed by atoms with E-state index in [1.807, 2.05) is 0 Å². The summed E-state index contributed by atoms with van der Waals surface area (Å²) >= 11 is 17.6. The smallest absolute Gasteiger partial charge is 0.284 e. The molecule has 1 aromatic carbocycles. The summed E-state index contributed by atoms with van der Waals surface area (Å²) in [4.78, 5) is 31.8. The number of imide groups is 1. The molecule has 1 unspecified atom stereocenters. The lowest BCUT2D eigenvalue weighted by Gasteiger charge is -2.28. The van der Waals surface area contributed by atoms with Crippen LogP contribution in [0.2, 0.25) is 0 Å². The summed E-state index contributed by atoms with van der Waals surface area (Å²) in [6, 6.07) is 3.06. The molecule has 12 heteroatoms. The summed E-state index contributed by atoms with van der Waals surface area (Å²) < 4.78 is 37.1. The van der Waals surface area contributed by atoms with E-state index < -0.39 is 39.5 Å². The molecular formula is C15H14Cl3F3N4O2. The van der Waals surface area contributed by atoms with Crippen LogP contribution in [0.3, 0.4) is 0 Å². The molecule has 0 N–H and O–H groups in total. The number of halogens is 6. The van der Waals surface area contributed by atoms with E-state index in [0.29, 0.717) is 4.90 Å². The maximum Gasteiger partial charge on any atom is 0.416 e. The van der Waals surface area contributed by atoms with Gasteiger partial charge in [-0.1, -0.05) is 40.9 Å². The fourth-order valence-corrected chi connectivity index (χ4v) is 3.07. The van der Waals surface area contributed by atoms with Gasteiger partial charge in [-0.2, -0.15) is 13.2 Å². The molecule has 148 valence electrons. The first-order valence-corrected chi connectivity index (χ1v) is 8.49. The number of alkyl halides is 6. The minimum absolute atomic E-state index is 0.187. The van der Waals surface area contributed by atoms with Gasteiger partial charge in [-0.15, -0.1) is 0 Å². The standard InChI is InChI=1S/C15H14Cl3F3N4O2/c1-23(2)12(14(16,17)18)22-10-11(26)24(3)13(27)25(10)9-6-4-5-8(7-9)15(19,20)21/h4-7,12H,1-3H3. The zero-order chi connectivity index (χ0) is 20.7. The Kier molecular flexibility index (Phi) is 6.01. The van der Waals surface area contributed by atoms with Gasteiger partial charge in [-0.25, -0.2) is 14.7 Å². The van der Waals surface area contributed by atoms with Gasteiger partial charge in [0.1, 0.15) is 0 Å². The van der Waals surface area contributed by atoms with Crippen LogP contribution in [0.15, 0.2) is 29.3 Å². The topological polar surface area (TPSA) is 56.2 Å². The number of rotatable bonds is 3. The number of urea groups is 1. The molecular weight excluding hydrogens is 432 g/mol. The second kappa shape index (κ2) is 7.46. The van der Waals surface area contributed by atoms with Crippen LogP contribution in [0.25, 0.3) is 0 Å². The van der Waals surface area contributed by atoms with Crippen LogP contribution in [0.4, 0.5) is 23.7 Å². The average Bonchev–Trinajstić information content (AvgIpc) is 2.74. The maximum absolute atomic E-state index is 13.0. The molecule has 0 aromatic heterocycles. The number of hydrogen-bond acceptors (Lipinski definition) is 4. The van der Waals surface area contributed by atoms with Gasteiger partial charge in [0.05, 0.1) is 11.3 Å². The largest absolute Gasteiger partial charge is 0.416 e. The zero-order valence-corrected chi connectivity index (χ0v) is 16.5. The highest BCUT2D eigenvalue weighted by Gasteiger charge is 2.44. The van der Waals surface area contributed by atoms with Crippen LogP contribution < -0.4 is 4.90 Å². The molecule has 0 saturated carbocycles. The first-order chi connectivity index (χ1) is 12.2. The molecule has 27 heavy (non-hydrogen) atoms. The highest BCUT2D eigenvalue weighted by molar-refractivity contribution is 6.68. The first kappa shape index (κ1) is 21.7. The molecule has 1 aliphatic rings. The molecule has 1 fully saturated rings. The van der Waals surface area contributed by atoms with Gasteiger partial charge in [0.2, 0.25) is 9.63 Å². The number of aliphatic imine (C=N–C) groups is 1. The van der Waals surface area contributed by atoms with Crippen LogP contribution >= 0.6 is 34.8 Å². The van der Waals surface area contributed by atoms with E-state index in [1.54, 1.807) is 0 Å². The third kappa shape index (κ3) is 4.48. The number of amidine groups is 1. The van der Waals surface area contributed by atoms with Crippen LogP contribution in [0, 0.1) is 0 Å². The van der Waals surface area contributed by atoms with Crippen molar-refractivity contribution in [3.63, 3.8) is 0 Å². The summed E-state index contributed by atoms with van der Waals surface area (Å²) in [5.74, 6) is -1.29. The van der Waals surface area contributed by atoms with E-state index in [0.717, 1.165) is 23.1 Å².